The van der Waals surface area contributed by atoms with Gasteiger partial charge in [0.15, 0.2) is 5.58 Å². The normalized spacial score (nSPS) is 16.0. The van der Waals surface area contributed by atoms with E-state index in [1.165, 1.54) is 0 Å². The van der Waals surface area contributed by atoms with Crippen molar-refractivity contribution in [1.29, 1.82) is 0 Å². The summed E-state index contributed by atoms with van der Waals surface area (Å²) < 4.78 is 5.12. The maximum Gasteiger partial charge on any atom is 0.311 e. The number of carbonyl (C=O) groups excluding carboxylic acids is 1. The van der Waals surface area contributed by atoms with Crippen LogP contribution in [0.2, 0.25) is 0 Å². The molecule has 2 N–H and O–H groups in total. The Morgan fingerprint density at radius 3 is 2.80 bits per heavy atom. The van der Waals surface area contributed by atoms with Gasteiger partial charge in [-0.3, -0.25) is 9.59 Å². The molecule has 0 atom stereocenters. The molecular weight excluding hydrogens is 260 g/mol. The van der Waals surface area contributed by atoms with Gasteiger partial charge in [0.25, 0.3) is 0 Å². The Bertz CT molecular complexity index is 673. The number of amides is 1. The highest BCUT2D eigenvalue weighted by atomic mass is 16.5. The highest BCUT2D eigenvalue weighted by molar-refractivity contribution is 5.86. The van der Waals surface area contributed by atoms with Crippen LogP contribution in [0.3, 0.4) is 0 Å². The van der Waals surface area contributed by atoms with E-state index in [1.54, 1.807) is 6.07 Å². The summed E-state index contributed by atoms with van der Waals surface area (Å²) in [7, 11) is 0. The number of nitrogens with one attached hydrogen (secondary N) is 1. The summed E-state index contributed by atoms with van der Waals surface area (Å²) in [4.78, 5) is 22.9. The van der Waals surface area contributed by atoms with Gasteiger partial charge in [0.2, 0.25) is 5.91 Å². The fourth-order valence-electron chi connectivity index (χ4n) is 2.17. The van der Waals surface area contributed by atoms with Gasteiger partial charge in [0.1, 0.15) is 5.69 Å². The van der Waals surface area contributed by atoms with Crippen molar-refractivity contribution in [3.05, 3.63) is 30.0 Å². The number of rotatable bonds is 5. The second kappa shape index (κ2) is 4.63. The van der Waals surface area contributed by atoms with Gasteiger partial charge in [0.05, 0.1) is 11.8 Å². The lowest BCUT2D eigenvalue weighted by atomic mass is 10.1. The first-order valence-corrected chi connectivity index (χ1v) is 6.44. The zero-order valence-electron chi connectivity index (χ0n) is 10.8. The summed E-state index contributed by atoms with van der Waals surface area (Å²) >= 11 is 0. The van der Waals surface area contributed by atoms with E-state index in [4.69, 9.17) is 9.63 Å². The molecule has 1 amide bonds. The Morgan fingerprint density at radius 2 is 2.10 bits per heavy atom. The van der Waals surface area contributed by atoms with Crippen LogP contribution in [0, 0.1) is 5.41 Å². The zero-order valence-corrected chi connectivity index (χ0v) is 10.8. The van der Waals surface area contributed by atoms with Crippen LogP contribution < -0.4 is 5.32 Å². The van der Waals surface area contributed by atoms with Crippen LogP contribution >= 0.6 is 0 Å². The monoisotopic (exact) mass is 274 g/mol. The predicted octanol–water partition coefficient (Wildman–Crippen LogP) is 1.35. The molecule has 1 aliphatic carbocycles. The van der Waals surface area contributed by atoms with Crippen molar-refractivity contribution in [3.63, 3.8) is 0 Å². The Morgan fingerprint density at radius 1 is 1.35 bits per heavy atom. The molecule has 104 valence electrons. The summed E-state index contributed by atoms with van der Waals surface area (Å²) in [5, 5.41) is 16.4. The van der Waals surface area contributed by atoms with Crippen molar-refractivity contribution in [3.8, 4) is 0 Å². The largest absolute Gasteiger partial charge is 0.481 e. The van der Waals surface area contributed by atoms with E-state index in [1.807, 2.05) is 18.2 Å². The summed E-state index contributed by atoms with van der Waals surface area (Å²) in [5.74, 6) is -1.08. The SMILES string of the molecule is O=C(Cc1noc2ccccc12)NCC1(C(=O)O)CC1. The average molecular weight is 274 g/mol. The van der Waals surface area contributed by atoms with E-state index in [0.717, 1.165) is 5.39 Å². The fourth-order valence-corrected chi connectivity index (χ4v) is 2.17. The van der Waals surface area contributed by atoms with E-state index >= 15 is 0 Å². The summed E-state index contributed by atoms with van der Waals surface area (Å²) in [6.07, 6.45) is 1.33. The second-order valence-electron chi connectivity index (χ2n) is 5.16. The molecule has 3 rings (SSSR count). The highest BCUT2D eigenvalue weighted by Crippen LogP contribution is 2.45. The fraction of sp³-hybridized carbons (Fsp3) is 0.357. The van der Waals surface area contributed by atoms with Crippen molar-refractivity contribution >= 4 is 22.8 Å². The molecule has 0 saturated heterocycles. The molecule has 2 aromatic rings. The Labute approximate surface area is 114 Å². The van der Waals surface area contributed by atoms with E-state index in [-0.39, 0.29) is 18.9 Å². The third-order valence-corrected chi connectivity index (χ3v) is 3.71. The van der Waals surface area contributed by atoms with Gasteiger partial charge in [-0.1, -0.05) is 17.3 Å². The quantitative estimate of drug-likeness (QED) is 0.858. The molecule has 0 bridgehead atoms. The van der Waals surface area contributed by atoms with Gasteiger partial charge < -0.3 is 14.9 Å². The number of hydrogen-bond acceptors (Lipinski definition) is 4. The number of aliphatic carboxylic acids is 1. The van der Waals surface area contributed by atoms with Crippen LogP contribution in [-0.2, 0) is 16.0 Å². The van der Waals surface area contributed by atoms with Crippen LogP contribution in [0.15, 0.2) is 28.8 Å². The Kier molecular flexibility index (Phi) is 2.93. The maximum absolute atomic E-state index is 11.9. The van der Waals surface area contributed by atoms with Gasteiger partial charge in [-0.25, -0.2) is 0 Å². The van der Waals surface area contributed by atoms with E-state index in [2.05, 4.69) is 10.5 Å². The van der Waals surface area contributed by atoms with Crippen LogP contribution in [0.1, 0.15) is 18.5 Å². The smallest absolute Gasteiger partial charge is 0.311 e. The van der Waals surface area contributed by atoms with E-state index in [0.29, 0.717) is 24.1 Å². The molecule has 0 spiro atoms. The molecule has 0 unspecified atom stereocenters. The van der Waals surface area contributed by atoms with Crippen molar-refractivity contribution in [1.82, 2.24) is 10.5 Å². The van der Waals surface area contributed by atoms with Gasteiger partial charge in [-0.15, -0.1) is 0 Å². The zero-order chi connectivity index (χ0) is 14.2. The van der Waals surface area contributed by atoms with Crippen LogP contribution in [-0.4, -0.2) is 28.7 Å². The van der Waals surface area contributed by atoms with Crippen molar-refractivity contribution in [2.24, 2.45) is 5.41 Å². The minimum Gasteiger partial charge on any atom is -0.481 e. The molecule has 1 saturated carbocycles. The number of para-hydroxylation sites is 1. The number of carbonyl (C=O) groups is 2. The lowest BCUT2D eigenvalue weighted by Crippen LogP contribution is -2.35. The standard InChI is InChI=1S/C14H14N2O4/c17-12(15-8-14(5-6-14)13(18)19)7-10-9-3-1-2-4-11(9)20-16-10/h1-4H,5-8H2,(H,15,17)(H,18,19). The second-order valence-corrected chi connectivity index (χ2v) is 5.16. The first-order chi connectivity index (χ1) is 9.61. The van der Waals surface area contributed by atoms with Gasteiger partial charge in [-0.2, -0.15) is 0 Å². The highest BCUT2D eigenvalue weighted by Gasteiger charge is 2.50. The van der Waals surface area contributed by atoms with E-state index in [9.17, 15) is 9.59 Å². The molecule has 0 radical (unpaired) electrons. The molecule has 0 aliphatic heterocycles. The van der Waals surface area contributed by atoms with Crippen molar-refractivity contribution in [2.75, 3.05) is 6.54 Å². The first-order valence-electron chi connectivity index (χ1n) is 6.44. The van der Waals surface area contributed by atoms with Gasteiger partial charge >= 0.3 is 5.97 Å². The van der Waals surface area contributed by atoms with Crippen LogP contribution in [0.4, 0.5) is 0 Å². The molecular formula is C14H14N2O4. The summed E-state index contributed by atoms with van der Waals surface area (Å²) in [6.45, 7) is 0.178. The number of aromatic nitrogens is 1. The number of benzene rings is 1. The van der Waals surface area contributed by atoms with Gasteiger partial charge in [-0.05, 0) is 25.0 Å². The minimum absolute atomic E-state index is 0.0900. The summed E-state index contributed by atoms with van der Waals surface area (Å²) in [5.41, 5.74) is 0.458. The number of fused-ring (bicyclic) bond motifs is 1. The first kappa shape index (κ1) is 12.7. The number of carboxylic acid groups (broad SMARTS) is 1. The molecule has 1 heterocycles. The maximum atomic E-state index is 11.9. The topological polar surface area (TPSA) is 92.4 Å². The van der Waals surface area contributed by atoms with Gasteiger partial charge in [0, 0.05) is 11.9 Å². The third-order valence-electron chi connectivity index (χ3n) is 3.71. The van der Waals surface area contributed by atoms with E-state index < -0.39 is 11.4 Å². The van der Waals surface area contributed by atoms with Crippen LogP contribution in [0.25, 0.3) is 11.0 Å². The van der Waals surface area contributed by atoms with Crippen LogP contribution in [0.5, 0.6) is 0 Å². The average Bonchev–Trinajstić information content (AvgIpc) is 3.14. The van der Waals surface area contributed by atoms with Crippen molar-refractivity contribution < 1.29 is 19.2 Å². The predicted molar refractivity (Wildman–Crippen MR) is 70.0 cm³/mol. The lowest BCUT2D eigenvalue weighted by molar-refractivity contribution is -0.143. The summed E-state index contributed by atoms with van der Waals surface area (Å²) in [6, 6.07) is 7.31. The number of nitrogens with zero attached hydrogens (tertiary/aromatic N) is 1. The third kappa shape index (κ3) is 2.24. The molecule has 1 aliphatic rings. The van der Waals surface area contributed by atoms with Crippen molar-refractivity contribution in [2.45, 2.75) is 19.3 Å². The minimum atomic E-state index is -0.843. The molecule has 6 heteroatoms. The lowest BCUT2D eigenvalue weighted by Gasteiger charge is -2.10. The molecule has 1 fully saturated rings. The molecule has 1 aromatic carbocycles. The Balaban J connectivity index is 1.63. The Hall–Kier alpha value is -2.37. The molecule has 6 nitrogen and oxygen atoms in total. The molecule has 20 heavy (non-hydrogen) atoms. The molecule has 1 aromatic heterocycles. The number of hydrogen-bond donors (Lipinski definition) is 2. The number of carboxylic acids is 1.